The fraction of sp³-hybridized carbons (Fsp3) is 0.278. The zero-order chi connectivity index (χ0) is 20.6. The Kier molecular flexibility index (Phi) is 4.97. The third kappa shape index (κ3) is 4.21. The van der Waals surface area contributed by atoms with Crippen molar-refractivity contribution in [3.8, 4) is 5.69 Å². The molecule has 1 heterocycles. The zero-order valence-electron chi connectivity index (χ0n) is 14.7. The van der Waals surface area contributed by atoms with E-state index in [2.05, 4.69) is 10.1 Å². The van der Waals surface area contributed by atoms with E-state index in [1.807, 2.05) is 0 Å². The number of allylic oxidation sites excluding steroid dienone is 1. The summed E-state index contributed by atoms with van der Waals surface area (Å²) in [6.07, 6.45) is 3.48. The molecule has 0 spiro atoms. The van der Waals surface area contributed by atoms with Gasteiger partial charge >= 0.3 is 0 Å². The van der Waals surface area contributed by atoms with Crippen LogP contribution in [0, 0.1) is 17.6 Å². The van der Waals surface area contributed by atoms with Crippen LogP contribution in [0.1, 0.15) is 24.8 Å². The first-order chi connectivity index (χ1) is 13.1. The molecule has 2 aromatic rings. The molecule has 1 amide bonds. The van der Waals surface area contributed by atoms with Gasteiger partial charge in [0, 0.05) is 29.9 Å². The number of aliphatic imine (C=N–C) groups is 1. The lowest BCUT2D eigenvalue weighted by Crippen LogP contribution is -2.17. The molecule has 4 N–H and O–H groups in total. The number of carbonyl (C=O) groups is 1. The summed E-state index contributed by atoms with van der Waals surface area (Å²) in [6, 6.07) is 2.90. The molecular formula is C18H17F4N5O. The Hall–Kier alpha value is -3.17. The number of hydrogen-bond donors (Lipinski definition) is 2. The van der Waals surface area contributed by atoms with Crippen molar-refractivity contribution in [3.63, 3.8) is 0 Å². The van der Waals surface area contributed by atoms with E-state index in [0.29, 0.717) is 5.56 Å². The van der Waals surface area contributed by atoms with E-state index in [0.717, 1.165) is 24.3 Å². The van der Waals surface area contributed by atoms with Crippen molar-refractivity contribution in [1.82, 2.24) is 9.78 Å². The Labute approximate surface area is 157 Å². The van der Waals surface area contributed by atoms with Gasteiger partial charge in [0.15, 0.2) is 0 Å². The summed E-state index contributed by atoms with van der Waals surface area (Å²) in [4.78, 5) is 15.9. The van der Waals surface area contributed by atoms with Gasteiger partial charge in [-0.3, -0.25) is 4.79 Å². The molecule has 1 fully saturated rings. The smallest absolute Gasteiger partial charge is 0.257 e. The molecule has 10 heteroatoms. The number of carbonyl (C=O) groups excluding carboxylic acids is 1. The predicted molar refractivity (Wildman–Crippen MR) is 93.8 cm³/mol. The fourth-order valence-electron chi connectivity index (χ4n) is 2.62. The van der Waals surface area contributed by atoms with Gasteiger partial charge < -0.3 is 11.5 Å². The van der Waals surface area contributed by atoms with Crippen molar-refractivity contribution in [3.05, 3.63) is 59.6 Å². The topological polar surface area (TPSA) is 99.3 Å². The number of halogens is 4. The number of aromatic nitrogens is 2. The van der Waals surface area contributed by atoms with E-state index in [-0.39, 0.29) is 23.6 Å². The van der Waals surface area contributed by atoms with Gasteiger partial charge in [-0.2, -0.15) is 10.1 Å². The molecule has 1 aliphatic rings. The lowest BCUT2D eigenvalue weighted by atomic mass is 10.1. The second-order valence-electron chi connectivity index (χ2n) is 6.60. The highest BCUT2D eigenvalue weighted by Crippen LogP contribution is 2.51. The molecule has 0 bridgehead atoms. The van der Waals surface area contributed by atoms with Crippen LogP contribution in [0.15, 0.2) is 47.4 Å². The average molecular weight is 395 g/mol. The van der Waals surface area contributed by atoms with Crippen molar-refractivity contribution >= 4 is 11.7 Å². The maximum absolute atomic E-state index is 13.3. The van der Waals surface area contributed by atoms with E-state index < -0.39 is 35.3 Å². The van der Waals surface area contributed by atoms with Crippen LogP contribution in [-0.4, -0.2) is 27.4 Å². The highest BCUT2D eigenvalue weighted by molar-refractivity contribution is 6.02. The van der Waals surface area contributed by atoms with Gasteiger partial charge in [0.05, 0.1) is 23.7 Å². The molecule has 6 nitrogen and oxygen atoms in total. The van der Waals surface area contributed by atoms with Crippen LogP contribution in [0.3, 0.4) is 0 Å². The Morgan fingerprint density at radius 2 is 1.93 bits per heavy atom. The highest BCUT2D eigenvalue weighted by Gasteiger charge is 2.58. The number of rotatable bonds is 5. The fourth-order valence-corrected chi connectivity index (χ4v) is 2.62. The SMILES string of the molecule is CC(C(=O)N=C(N)/C=C(\N)C1CC1(F)F)c1cnn(-c2cc(F)cc(F)c2)c1. The Morgan fingerprint density at radius 3 is 2.50 bits per heavy atom. The molecule has 1 aromatic heterocycles. The number of hydrogen-bond acceptors (Lipinski definition) is 3. The third-order valence-corrected chi connectivity index (χ3v) is 4.37. The van der Waals surface area contributed by atoms with Crippen molar-refractivity contribution in [2.75, 3.05) is 0 Å². The van der Waals surface area contributed by atoms with Crippen LogP contribution in [-0.2, 0) is 4.79 Å². The highest BCUT2D eigenvalue weighted by atomic mass is 19.3. The summed E-state index contributed by atoms with van der Waals surface area (Å²) in [5.74, 6) is -7.16. The lowest BCUT2D eigenvalue weighted by molar-refractivity contribution is -0.118. The number of amidine groups is 1. The van der Waals surface area contributed by atoms with Crippen molar-refractivity contribution in [1.29, 1.82) is 0 Å². The van der Waals surface area contributed by atoms with E-state index in [1.54, 1.807) is 0 Å². The van der Waals surface area contributed by atoms with Crippen LogP contribution in [0.25, 0.3) is 5.69 Å². The second-order valence-corrected chi connectivity index (χ2v) is 6.60. The maximum atomic E-state index is 13.3. The maximum Gasteiger partial charge on any atom is 0.257 e. The predicted octanol–water partition coefficient (Wildman–Crippen LogP) is 2.64. The van der Waals surface area contributed by atoms with Crippen molar-refractivity contribution in [2.45, 2.75) is 25.2 Å². The van der Waals surface area contributed by atoms with Crippen LogP contribution < -0.4 is 11.5 Å². The van der Waals surface area contributed by atoms with Gasteiger partial charge in [-0.15, -0.1) is 0 Å². The Bertz CT molecular complexity index is 962. The van der Waals surface area contributed by atoms with Crippen LogP contribution in [0.2, 0.25) is 0 Å². The summed E-state index contributed by atoms with van der Waals surface area (Å²) in [7, 11) is 0. The molecule has 3 rings (SSSR count). The van der Waals surface area contributed by atoms with Crippen molar-refractivity contribution < 1.29 is 22.4 Å². The third-order valence-electron chi connectivity index (χ3n) is 4.37. The average Bonchev–Trinajstić information content (AvgIpc) is 3.02. The minimum Gasteiger partial charge on any atom is -0.402 e. The van der Waals surface area contributed by atoms with E-state index in [4.69, 9.17) is 11.5 Å². The first-order valence-corrected chi connectivity index (χ1v) is 8.31. The van der Waals surface area contributed by atoms with Gasteiger partial charge in [0.25, 0.3) is 11.8 Å². The molecule has 2 atom stereocenters. The molecular weight excluding hydrogens is 378 g/mol. The van der Waals surface area contributed by atoms with Gasteiger partial charge in [-0.25, -0.2) is 22.2 Å². The summed E-state index contributed by atoms with van der Waals surface area (Å²) in [5.41, 5.74) is 11.6. The standard InChI is InChI=1S/C18H17F4N5O/c1-9(17(28)26-16(24)5-15(23)14-6-18(14,21)22)10-7-25-27(8-10)13-3-11(19)2-12(20)4-13/h2-5,7-9,14H,6,23H2,1H3,(H2,24,26,28)/b15-5-. The van der Waals surface area contributed by atoms with Crippen molar-refractivity contribution in [2.24, 2.45) is 22.4 Å². The molecule has 0 saturated heterocycles. The second kappa shape index (κ2) is 7.10. The largest absolute Gasteiger partial charge is 0.402 e. The van der Waals surface area contributed by atoms with Gasteiger partial charge in [0.1, 0.15) is 17.5 Å². The Balaban J connectivity index is 1.73. The number of nitrogens with two attached hydrogens (primary N) is 2. The minimum absolute atomic E-state index is 0.132. The van der Waals surface area contributed by atoms with Crippen LogP contribution in [0.4, 0.5) is 17.6 Å². The number of benzene rings is 1. The van der Waals surface area contributed by atoms with Gasteiger partial charge in [0.2, 0.25) is 0 Å². The van der Waals surface area contributed by atoms with Gasteiger partial charge in [-0.05, 0) is 25.1 Å². The quantitative estimate of drug-likeness (QED) is 0.462. The summed E-state index contributed by atoms with van der Waals surface area (Å²) < 4.78 is 53.8. The Morgan fingerprint density at radius 1 is 1.32 bits per heavy atom. The van der Waals surface area contributed by atoms with E-state index >= 15 is 0 Å². The molecule has 0 radical (unpaired) electrons. The number of nitrogens with zero attached hydrogens (tertiary/aromatic N) is 3. The molecule has 0 aliphatic heterocycles. The number of amides is 1. The molecule has 28 heavy (non-hydrogen) atoms. The number of alkyl halides is 2. The summed E-state index contributed by atoms with van der Waals surface area (Å²) >= 11 is 0. The molecule has 1 aromatic carbocycles. The lowest BCUT2D eigenvalue weighted by Gasteiger charge is -2.05. The van der Waals surface area contributed by atoms with Crippen LogP contribution >= 0.6 is 0 Å². The van der Waals surface area contributed by atoms with Crippen LogP contribution in [0.5, 0.6) is 0 Å². The monoisotopic (exact) mass is 395 g/mol. The molecule has 1 aliphatic carbocycles. The molecule has 1 saturated carbocycles. The summed E-state index contributed by atoms with van der Waals surface area (Å²) in [5, 5.41) is 3.98. The molecule has 148 valence electrons. The van der Waals surface area contributed by atoms with E-state index in [9.17, 15) is 22.4 Å². The molecule has 2 unspecified atom stereocenters. The minimum atomic E-state index is -2.84. The first-order valence-electron chi connectivity index (χ1n) is 8.31. The normalized spacial score (nSPS) is 20.1. The first kappa shape index (κ1) is 19.6. The van der Waals surface area contributed by atoms with E-state index in [1.165, 1.54) is 24.0 Å². The van der Waals surface area contributed by atoms with Gasteiger partial charge in [-0.1, -0.05) is 0 Å². The zero-order valence-corrected chi connectivity index (χ0v) is 14.7. The summed E-state index contributed by atoms with van der Waals surface area (Å²) in [6.45, 7) is 1.54.